The highest BCUT2D eigenvalue weighted by Crippen LogP contribution is 2.18. The fourth-order valence-corrected chi connectivity index (χ4v) is 3.42. The second-order valence-electron chi connectivity index (χ2n) is 7.35. The Bertz CT molecular complexity index is 961. The zero-order chi connectivity index (χ0) is 20.2. The molecule has 1 fully saturated rings. The third-order valence-electron chi connectivity index (χ3n) is 5.15. The number of aromatic nitrogens is 2. The van der Waals surface area contributed by atoms with Gasteiger partial charge in [-0.15, -0.1) is 0 Å². The quantitative estimate of drug-likeness (QED) is 0.469. The van der Waals surface area contributed by atoms with E-state index in [9.17, 15) is 10.1 Å². The lowest BCUT2D eigenvalue weighted by atomic mass is 10.1. The topological polar surface area (TPSA) is 88.5 Å². The van der Waals surface area contributed by atoms with E-state index in [-0.39, 0.29) is 10.6 Å². The molecule has 4 rings (SSSR count). The van der Waals surface area contributed by atoms with Gasteiger partial charge in [-0.25, -0.2) is 0 Å². The number of piperazine rings is 1. The molecular weight excluding hydrogens is 370 g/mol. The van der Waals surface area contributed by atoms with Crippen molar-refractivity contribution in [3.05, 3.63) is 75.7 Å². The molecule has 3 aromatic rings. The number of nitro groups is 1. The highest BCUT2D eigenvalue weighted by Gasteiger charge is 2.20. The first-order chi connectivity index (χ1) is 14.1. The van der Waals surface area contributed by atoms with E-state index in [1.165, 1.54) is 5.56 Å². The van der Waals surface area contributed by atoms with Crippen molar-refractivity contribution in [2.24, 2.45) is 0 Å². The van der Waals surface area contributed by atoms with Crippen LogP contribution in [0.4, 0.5) is 5.69 Å². The number of nitro benzene ring substituents is 1. The van der Waals surface area contributed by atoms with Gasteiger partial charge in [-0.3, -0.25) is 19.9 Å². The minimum atomic E-state index is -0.371. The molecule has 8 heteroatoms. The molecule has 0 N–H and O–H groups in total. The Labute approximate surface area is 168 Å². The van der Waals surface area contributed by atoms with Gasteiger partial charge < -0.3 is 4.52 Å². The van der Waals surface area contributed by atoms with Crippen LogP contribution in [0, 0.1) is 17.0 Å². The molecule has 1 aliphatic rings. The summed E-state index contributed by atoms with van der Waals surface area (Å²) in [6.07, 6.45) is 0. The Hall–Kier alpha value is -3.10. The summed E-state index contributed by atoms with van der Waals surface area (Å²) in [4.78, 5) is 19.6. The average Bonchev–Trinajstić information content (AvgIpc) is 3.19. The van der Waals surface area contributed by atoms with Gasteiger partial charge >= 0.3 is 0 Å². The van der Waals surface area contributed by atoms with Crippen molar-refractivity contribution in [3.63, 3.8) is 0 Å². The van der Waals surface area contributed by atoms with Crippen molar-refractivity contribution in [1.29, 1.82) is 0 Å². The molecule has 0 spiro atoms. The molecular formula is C21H23N5O3. The van der Waals surface area contributed by atoms with Gasteiger partial charge in [-0.1, -0.05) is 47.1 Å². The van der Waals surface area contributed by atoms with Crippen LogP contribution in [0.2, 0.25) is 0 Å². The van der Waals surface area contributed by atoms with E-state index in [1.54, 1.807) is 12.1 Å². The third kappa shape index (κ3) is 4.85. The third-order valence-corrected chi connectivity index (χ3v) is 5.15. The average molecular weight is 393 g/mol. The van der Waals surface area contributed by atoms with E-state index in [4.69, 9.17) is 4.52 Å². The molecule has 1 saturated heterocycles. The number of non-ortho nitro benzene ring substituents is 1. The Morgan fingerprint density at radius 2 is 1.59 bits per heavy atom. The first kappa shape index (κ1) is 19.2. The number of aryl methyl sites for hydroxylation is 1. The molecule has 0 saturated carbocycles. The van der Waals surface area contributed by atoms with Crippen molar-refractivity contribution in [1.82, 2.24) is 19.9 Å². The molecule has 0 aliphatic carbocycles. The van der Waals surface area contributed by atoms with E-state index in [0.717, 1.165) is 43.9 Å². The van der Waals surface area contributed by atoms with Gasteiger partial charge in [0, 0.05) is 50.4 Å². The first-order valence-corrected chi connectivity index (χ1v) is 9.64. The van der Waals surface area contributed by atoms with Crippen LogP contribution in [0.1, 0.15) is 17.0 Å². The summed E-state index contributed by atoms with van der Waals surface area (Å²) >= 11 is 0. The van der Waals surface area contributed by atoms with E-state index < -0.39 is 0 Å². The molecule has 150 valence electrons. The summed E-state index contributed by atoms with van der Waals surface area (Å²) in [6, 6.07) is 14.9. The first-order valence-electron chi connectivity index (χ1n) is 9.64. The van der Waals surface area contributed by atoms with Crippen LogP contribution in [-0.2, 0) is 13.1 Å². The lowest BCUT2D eigenvalue weighted by Gasteiger charge is -2.33. The minimum Gasteiger partial charge on any atom is -0.338 e. The summed E-state index contributed by atoms with van der Waals surface area (Å²) in [7, 11) is 0. The largest absolute Gasteiger partial charge is 0.338 e. The SMILES string of the molecule is Cc1ccc(-c2noc(CN3CCN(Cc4ccc([N+](=O)[O-])cc4)CC3)n2)cc1. The Morgan fingerprint density at radius 1 is 0.966 bits per heavy atom. The minimum absolute atomic E-state index is 0.128. The summed E-state index contributed by atoms with van der Waals surface area (Å²) in [5.74, 6) is 1.25. The Morgan fingerprint density at radius 3 is 2.21 bits per heavy atom. The zero-order valence-electron chi connectivity index (χ0n) is 16.3. The van der Waals surface area contributed by atoms with E-state index in [1.807, 2.05) is 43.3 Å². The second-order valence-corrected chi connectivity index (χ2v) is 7.35. The lowest BCUT2D eigenvalue weighted by molar-refractivity contribution is -0.384. The van der Waals surface area contributed by atoms with E-state index >= 15 is 0 Å². The summed E-state index contributed by atoms with van der Waals surface area (Å²) < 4.78 is 5.43. The molecule has 29 heavy (non-hydrogen) atoms. The van der Waals surface area contributed by atoms with Crippen LogP contribution in [-0.4, -0.2) is 51.0 Å². The van der Waals surface area contributed by atoms with Crippen molar-refractivity contribution < 1.29 is 9.45 Å². The van der Waals surface area contributed by atoms with Crippen LogP contribution in [0.15, 0.2) is 53.1 Å². The maximum absolute atomic E-state index is 10.8. The second kappa shape index (κ2) is 8.50. The number of benzene rings is 2. The maximum Gasteiger partial charge on any atom is 0.269 e. The monoisotopic (exact) mass is 393 g/mol. The fourth-order valence-electron chi connectivity index (χ4n) is 3.42. The van der Waals surface area contributed by atoms with Gasteiger partial charge in [-0.2, -0.15) is 4.98 Å². The Balaban J connectivity index is 1.28. The van der Waals surface area contributed by atoms with Crippen molar-refractivity contribution in [3.8, 4) is 11.4 Å². The van der Waals surface area contributed by atoms with Crippen molar-refractivity contribution in [2.45, 2.75) is 20.0 Å². The number of hydrogen-bond donors (Lipinski definition) is 0. The highest BCUT2D eigenvalue weighted by atomic mass is 16.6. The highest BCUT2D eigenvalue weighted by molar-refractivity contribution is 5.54. The van der Waals surface area contributed by atoms with Gasteiger partial charge in [0.05, 0.1) is 11.5 Å². The molecule has 1 aliphatic heterocycles. The summed E-state index contributed by atoms with van der Waals surface area (Å²) in [5, 5.41) is 14.9. The number of nitrogens with zero attached hydrogens (tertiary/aromatic N) is 5. The standard InChI is InChI=1S/C21H23N5O3/c1-16-2-6-18(7-3-16)21-22-20(29-23-21)15-25-12-10-24(11-13-25)14-17-4-8-19(9-5-17)26(27)28/h2-9H,10-15H2,1H3. The number of rotatable bonds is 6. The fraction of sp³-hybridized carbons (Fsp3) is 0.333. The Kier molecular flexibility index (Phi) is 5.64. The summed E-state index contributed by atoms with van der Waals surface area (Å²) in [5.41, 5.74) is 3.37. The molecule has 0 atom stereocenters. The van der Waals surface area contributed by atoms with Gasteiger partial charge in [0.2, 0.25) is 11.7 Å². The van der Waals surface area contributed by atoms with Crippen LogP contribution < -0.4 is 0 Å². The number of hydrogen-bond acceptors (Lipinski definition) is 7. The molecule has 0 radical (unpaired) electrons. The molecule has 0 unspecified atom stereocenters. The van der Waals surface area contributed by atoms with Crippen LogP contribution in [0.5, 0.6) is 0 Å². The van der Waals surface area contributed by atoms with Crippen LogP contribution in [0.3, 0.4) is 0 Å². The van der Waals surface area contributed by atoms with Crippen molar-refractivity contribution >= 4 is 5.69 Å². The predicted octanol–water partition coefficient (Wildman–Crippen LogP) is 3.27. The molecule has 2 heterocycles. The summed E-state index contributed by atoms with van der Waals surface area (Å²) in [6.45, 7) is 7.16. The predicted molar refractivity (Wildman–Crippen MR) is 108 cm³/mol. The van der Waals surface area contributed by atoms with Crippen molar-refractivity contribution in [2.75, 3.05) is 26.2 Å². The smallest absolute Gasteiger partial charge is 0.269 e. The molecule has 2 aromatic carbocycles. The van der Waals surface area contributed by atoms with Gasteiger partial charge in [0.15, 0.2) is 0 Å². The van der Waals surface area contributed by atoms with E-state index in [0.29, 0.717) is 18.3 Å². The molecule has 1 aromatic heterocycles. The molecule has 8 nitrogen and oxygen atoms in total. The lowest BCUT2D eigenvalue weighted by Crippen LogP contribution is -2.45. The van der Waals surface area contributed by atoms with Crippen LogP contribution in [0.25, 0.3) is 11.4 Å². The van der Waals surface area contributed by atoms with Gasteiger partial charge in [0.1, 0.15) is 0 Å². The van der Waals surface area contributed by atoms with Gasteiger partial charge in [-0.05, 0) is 12.5 Å². The normalized spacial score (nSPS) is 15.5. The van der Waals surface area contributed by atoms with E-state index in [2.05, 4.69) is 19.9 Å². The van der Waals surface area contributed by atoms with Gasteiger partial charge in [0.25, 0.3) is 5.69 Å². The van der Waals surface area contributed by atoms with Crippen LogP contribution >= 0.6 is 0 Å². The molecule has 0 bridgehead atoms. The zero-order valence-corrected chi connectivity index (χ0v) is 16.3. The maximum atomic E-state index is 10.8. The molecule has 0 amide bonds.